The van der Waals surface area contributed by atoms with Crippen LogP contribution in [0.25, 0.3) is 0 Å². The van der Waals surface area contributed by atoms with Gasteiger partial charge >= 0.3 is 0 Å². The first-order valence-corrected chi connectivity index (χ1v) is 8.35. The van der Waals surface area contributed by atoms with Crippen molar-refractivity contribution >= 4 is 17.5 Å². The third kappa shape index (κ3) is 5.18. The van der Waals surface area contributed by atoms with Crippen molar-refractivity contribution in [1.29, 1.82) is 0 Å². The Balaban J connectivity index is 1.75. The molecule has 1 amide bonds. The van der Waals surface area contributed by atoms with E-state index in [9.17, 15) is 4.79 Å². The summed E-state index contributed by atoms with van der Waals surface area (Å²) < 4.78 is 5.67. The molecule has 0 bridgehead atoms. The van der Waals surface area contributed by atoms with E-state index in [-0.39, 0.29) is 5.91 Å². The van der Waals surface area contributed by atoms with Crippen molar-refractivity contribution in [3.63, 3.8) is 0 Å². The van der Waals surface area contributed by atoms with Crippen molar-refractivity contribution in [2.45, 2.75) is 39.2 Å². The molecule has 2 atom stereocenters. The molecular formula is C17H25ClN2O2. The SMILES string of the molecule is Cc1ccc(Cl)c(OC(C)C(=O)NCCC2CCCNC2)c1. The minimum Gasteiger partial charge on any atom is -0.479 e. The van der Waals surface area contributed by atoms with E-state index in [0.29, 0.717) is 23.2 Å². The van der Waals surface area contributed by atoms with Gasteiger partial charge in [-0.15, -0.1) is 0 Å². The first-order chi connectivity index (χ1) is 10.6. The summed E-state index contributed by atoms with van der Waals surface area (Å²) in [6, 6.07) is 5.55. The number of aryl methyl sites for hydroxylation is 1. The summed E-state index contributed by atoms with van der Waals surface area (Å²) in [4.78, 5) is 12.1. The van der Waals surface area contributed by atoms with Crippen LogP contribution < -0.4 is 15.4 Å². The first kappa shape index (κ1) is 17.1. The molecule has 0 saturated carbocycles. The molecule has 1 aliphatic rings. The van der Waals surface area contributed by atoms with Gasteiger partial charge in [0.1, 0.15) is 5.75 Å². The lowest BCUT2D eigenvalue weighted by atomic mass is 9.96. The van der Waals surface area contributed by atoms with Crippen LogP contribution in [0.4, 0.5) is 0 Å². The minimum atomic E-state index is -0.552. The predicted molar refractivity (Wildman–Crippen MR) is 89.5 cm³/mol. The summed E-state index contributed by atoms with van der Waals surface area (Å²) in [5.74, 6) is 1.12. The zero-order valence-corrected chi connectivity index (χ0v) is 14.1. The van der Waals surface area contributed by atoms with Crippen molar-refractivity contribution in [3.05, 3.63) is 28.8 Å². The molecule has 0 radical (unpaired) electrons. The van der Waals surface area contributed by atoms with E-state index < -0.39 is 6.10 Å². The molecule has 1 aromatic carbocycles. The molecule has 1 aromatic rings. The van der Waals surface area contributed by atoms with Crippen LogP contribution in [0.5, 0.6) is 5.75 Å². The Morgan fingerprint density at radius 1 is 1.55 bits per heavy atom. The largest absolute Gasteiger partial charge is 0.479 e. The van der Waals surface area contributed by atoms with E-state index in [1.54, 1.807) is 13.0 Å². The molecule has 4 nitrogen and oxygen atoms in total. The second kappa shape index (κ2) is 8.39. The van der Waals surface area contributed by atoms with E-state index >= 15 is 0 Å². The van der Waals surface area contributed by atoms with Gasteiger partial charge in [-0.25, -0.2) is 0 Å². The summed E-state index contributed by atoms with van der Waals surface area (Å²) in [5.41, 5.74) is 1.05. The summed E-state index contributed by atoms with van der Waals surface area (Å²) in [6.45, 7) is 6.58. The number of piperidine rings is 1. The maximum absolute atomic E-state index is 12.1. The summed E-state index contributed by atoms with van der Waals surface area (Å²) in [7, 11) is 0. The Kier molecular flexibility index (Phi) is 6.52. The lowest BCUT2D eigenvalue weighted by Crippen LogP contribution is -2.38. The van der Waals surface area contributed by atoms with Gasteiger partial charge in [0.05, 0.1) is 5.02 Å². The zero-order valence-electron chi connectivity index (χ0n) is 13.3. The van der Waals surface area contributed by atoms with Gasteiger partial charge in [0, 0.05) is 6.54 Å². The van der Waals surface area contributed by atoms with Crippen LogP contribution in [-0.2, 0) is 4.79 Å². The lowest BCUT2D eigenvalue weighted by Gasteiger charge is -2.23. The Bertz CT molecular complexity index is 501. The van der Waals surface area contributed by atoms with Gasteiger partial charge in [0.25, 0.3) is 5.91 Å². The summed E-state index contributed by atoms with van der Waals surface area (Å²) in [5, 5.41) is 6.86. The van der Waals surface area contributed by atoms with Gasteiger partial charge in [-0.05, 0) is 69.8 Å². The van der Waals surface area contributed by atoms with Crippen molar-refractivity contribution in [3.8, 4) is 5.75 Å². The van der Waals surface area contributed by atoms with Gasteiger partial charge in [-0.2, -0.15) is 0 Å². The number of rotatable bonds is 6. The van der Waals surface area contributed by atoms with E-state index in [4.69, 9.17) is 16.3 Å². The van der Waals surface area contributed by atoms with Crippen LogP contribution in [0.2, 0.25) is 5.02 Å². The maximum atomic E-state index is 12.1. The highest BCUT2D eigenvalue weighted by Crippen LogP contribution is 2.26. The highest BCUT2D eigenvalue weighted by Gasteiger charge is 2.17. The molecule has 122 valence electrons. The number of carbonyl (C=O) groups is 1. The number of halogens is 1. The molecule has 0 aliphatic carbocycles. The molecule has 1 saturated heterocycles. The van der Waals surface area contributed by atoms with E-state index in [1.165, 1.54) is 12.8 Å². The smallest absolute Gasteiger partial charge is 0.260 e. The van der Waals surface area contributed by atoms with Crippen molar-refractivity contribution in [2.24, 2.45) is 5.92 Å². The zero-order chi connectivity index (χ0) is 15.9. The second-order valence-electron chi connectivity index (χ2n) is 5.99. The van der Waals surface area contributed by atoms with Crippen LogP contribution in [-0.4, -0.2) is 31.6 Å². The number of hydrogen-bond donors (Lipinski definition) is 2. The number of carbonyl (C=O) groups excluding carboxylic acids is 1. The lowest BCUT2D eigenvalue weighted by molar-refractivity contribution is -0.127. The maximum Gasteiger partial charge on any atom is 0.260 e. The highest BCUT2D eigenvalue weighted by molar-refractivity contribution is 6.32. The Hall–Kier alpha value is -1.26. The fraction of sp³-hybridized carbons (Fsp3) is 0.588. The van der Waals surface area contributed by atoms with Crippen molar-refractivity contribution in [2.75, 3.05) is 19.6 Å². The third-order valence-corrected chi connectivity index (χ3v) is 4.32. The summed E-state index contributed by atoms with van der Waals surface area (Å²) in [6.07, 6.45) is 2.93. The number of benzene rings is 1. The molecule has 1 heterocycles. The number of nitrogens with one attached hydrogen (secondary N) is 2. The van der Waals surface area contributed by atoms with Gasteiger partial charge in [-0.3, -0.25) is 4.79 Å². The van der Waals surface area contributed by atoms with Crippen LogP contribution in [0.1, 0.15) is 31.7 Å². The van der Waals surface area contributed by atoms with E-state index in [1.807, 2.05) is 19.1 Å². The average molecular weight is 325 g/mol. The molecule has 5 heteroatoms. The van der Waals surface area contributed by atoms with Crippen molar-refractivity contribution < 1.29 is 9.53 Å². The van der Waals surface area contributed by atoms with E-state index in [2.05, 4.69) is 10.6 Å². The molecule has 2 unspecified atom stereocenters. The monoisotopic (exact) mass is 324 g/mol. The Morgan fingerprint density at radius 2 is 2.36 bits per heavy atom. The van der Waals surface area contributed by atoms with Gasteiger partial charge in [0.15, 0.2) is 6.10 Å². The van der Waals surface area contributed by atoms with Gasteiger partial charge in [-0.1, -0.05) is 17.7 Å². The van der Waals surface area contributed by atoms with E-state index in [0.717, 1.165) is 25.1 Å². The minimum absolute atomic E-state index is 0.0960. The van der Waals surface area contributed by atoms with Crippen LogP contribution in [0, 0.1) is 12.8 Å². The number of amides is 1. The number of hydrogen-bond acceptors (Lipinski definition) is 3. The molecular weight excluding hydrogens is 300 g/mol. The fourth-order valence-corrected chi connectivity index (χ4v) is 2.82. The molecule has 0 spiro atoms. The molecule has 1 aliphatic heterocycles. The molecule has 22 heavy (non-hydrogen) atoms. The third-order valence-electron chi connectivity index (χ3n) is 4.01. The number of ether oxygens (including phenoxy) is 1. The molecule has 2 rings (SSSR count). The first-order valence-electron chi connectivity index (χ1n) is 7.97. The quantitative estimate of drug-likeness (QED) is 0.846. The molecule has 0 aromatic heterocycles. The standard InChI is InChI=1S/C17H25ClN2O2/c1-12-5-6-15(18)16(10-12)22-13(2)17(21)20-9-7-14-4-3-8-19-11-14/h5-6,10,13-14,19H,3-4,7-9,11H2,1-2H3,(H,20,21). The Morgan fingerprint density at radius 3 is 3.09 bits per heavy atom. The predicted octanol–water partition coefficient (Wildman–Crippen LogP) is 2.92. The topological polar surface area (TPSA) is 50.4 Å². The second-order valence-corrected chi connectivity index (χ2v) is 6.39. The van der Waals surface area contributed by atoms with Crippen LogP contribution >= 0.6 is 11.6 Å². The van der Waals surface area contributed by atoms with Crippen molar-refractivity contribution in [1.82, 2.24) is 10.6 Å². The van der Waals surface area contributed by atoms with Gasteiger partial charge < -0.3 is 15.4 Å². The highest BCUT2D eigenvalue weighted by atomic mass is 35.5. The average Bonchev–Trinajstić information content (AvgIpc) is 2.52. The summed E-state index contributed by atoms with van der Waals surface area (Å²) >= 11 is 6.09. The van der Waals surface area contributed by atoms with Crippen LogP contribution in [0.3, 0.4) is 0 Å². The molecule has 2 N–H and O–H groups in total. The molecule has 1 fully saturated rings. The fourth-order valence-electron chi connectivity index (χ4n) is 2.66. The normalized spacial score (nSPS) is 19.5. The van der Waals surface area contributed by atoms with Crippen LogP contribution in [0.15, 0.2) is 18.2 Å². The van der Waals surface area contributed by atoms with Gasteiger partial charge in [0.2, 0.25) is 0 Å². The Labute approximate surface area is 137 Å².